The van der Waals surface area contributed by atoms with Gasteiger partial charge >= 0.3 is 0 Å². The van der Waals surface area contributed by atoms with Crippen LogP contribution in [0.25, 0.3) is 78.1 Å². The summed E-state index contributed by atoms with van der Waals surface area (Å²) in [6.07, 6.45) is 21.0. The number of halogens is 1. The number of allylic oxidation sites excluding steroid dienone is 1. The Morgan fingerprint density at radius 2 is 0.887 bits per heavy atom. The van der Waals surface area contributed by atoms with Gasteiger partial charge in [-0.3, -0.25) is 24.5 Å². The van der Waals surface area contributed by atoms with E-state index in [0.29, 0.717) is 59.0 Å². The number of fused-ring (bicyclic) bond motifs is 4. The lowest BCUT2D eigenvalue weighted by Crippen LogP contribution is -2.70. The van der Waals surface area contributed by atoms with Crippen molar-refractivity contribution in [1.82, 2.24) is 70.5 Å². The molecule has 9 aliphatic heterocycles. The topological polar surface area (TPSA) is 188 Å². The first-order valence-electron chi connectivity index (χ1n) is 54.0. The second kappa shape index (κ2) is 46.4. The van der Waals surface area contributed by atoms with Crippen LogP contribution in [0.3, 0.4) is 0 Å². The van der Waals surface area contributed by atoms with Gasteiger partial charge in [-0.05, 0) is 318 Å². The first kappa shape index (κ1) is 99.8. The van der Waals surface area contributed by atoms with E-state index in [1.807, 2.05) is 48.5 Å². The molecule has 1 saturated carbocycles. The van der Waals surface area contributed by atoms with Crippen molar-refractivity contribution in [3.8, 4) is 45.9 Å². The summed E-state index contributed by atoms with van der Waals surface area (Å²) in [5.41, 5.74) is 24.5. The number of hydrogen-bond donors (Lipinski definition) is 7. The SMILES string of the molecule is CC(C)N1CCN(C2(CNC3CCN(c4cccc(-c5cc6cc(C#N)ccc6[nH]5)c4)CC3)COC2)CC1.CCC(C)N1CCN(CCNC2CCN(c3cccc(C4=Cc5ccccc5C4)c3)CC2)CC1.CN1CCN(C2(CNC3CCN(c4cccc(-c5cc6cc(Cl)ccc6[nH]5)c4)CC3)CCC2)CC1.Cc1ccc(N2CCC(NC3CCN(C(C)C)CC3)CC2)cc1-c1cc2cc(C#N)ccc2[nH]1. The average molecular weight is 1920 g/mol. The number of likely N-dealkylation sites (tertiary alicyclic amines) is 1. The molecule has 8 aromatic carbocycles. The van der Waals surface area contributed by atoms with E-state index in [4.69, 9.17) is 16.3 Å². The van der Waals surface area contributed by atoms with Crippen LogP contribution in [0.5, 0.6) is 0 Å². The van der Waals surface area contributed by atoms with Crippen LogP contribution >= 0.6 is 11.6 Å². The second-order valence-corrected chi connectivity index (χ2v) is 43.9. The van der Waals surface area contributed by atoms with Gasteiger partial charge in [0.25, 0.3) is 0 Å². The Kier molecular flexibility index (Phi) is 32.9. The molecule has 2 aliphatic carbocycles. The zero-order chi connectivity index (χ0) is 96.9. The number of aryl methyl sites for hydroxylation is 1. The molecule has 12 heterocycles. The molecule has 0 radical (unpaired) electrons. The van der Waals surface area contributed by atoms with E-state index in [9.17, 15) is 10.5 Å². The number of aromatic nitrogens is 3. The normalized spacial score (nSPS) is 20.6. The summed E-state index contributed by atoms with van der Waals surface area (Å²) in [6.45, 7) is 48.0. The van der Waals surface area contributed by atoms with E-state index in [1.165, 1.54) is 223 Å². The van der Waals surface area contributed by atoms with Crippen LogP contribution in [0.1, 0.15) is 165 Å². The predicted octanol–water partition coefficient (Wildman–Crippen LogP) is 19.5. The summed E-state index contributed by atoms with van der Waals surface area (Å²) in [5, 5.41) is 38.3. The number of nitriles is 2. The molecule has 1 atom stereocenters. The quantitative estimate of drug-likeness (QED) is 0.0271. The molecule has 11 aromatic rings. The maximum atomic E-state index is 9.21. The zero-order valence-corrected chi connectivity index (χ0v) is 86.4. The number of hydrogen-bond acceptors (Lipinski definition) is 18. The molecule has 9 saturated heterocycles. The zero-order valence-electron chi connectivity index (χ0n) is 85.6. The molecule has 0 spiro atoms. The number of aromatic amines is 3. The van der Waals surface area contributed by atoms with Crippen molar-refractivity contribution in [2.75, 3.05) is 210 Å². The van der Waals surface area contributed by atoms with E-state index in [2.05, 4.69) is 303 Å². The standard InChI is InChI=1S/C31H40N6O.C30H42N4.C29H38ClN5.C29H37N5/c1-23(2)35-12-14-37(15-13-35)31(21-38-22-31)20-33-27-8-10-36(11-9-27)28-5-3-4-25(17-28)30-18-26-16-24(19-32)6-7-29(26)34-30;1-3-24(2)33-19-17-32(18-20-33)16-13-31-29-11-14-34(15-12-29)30-10-6-9-27(23-30)28-21-25-7-4-5-8-26(25)22-28;1-33-14-16-35(17-15-33)29(10-3-11-29)21-31-25-8-12-34(13-9-25)26-5-2-4-22(19-26)28-20-23-18-24(30)6-7-27(23)32-28;1-20(2)33-12-8-24(9-13-33)31-25-10-14-34(15-11-25)26-6-4-21(3)27(18-26)29-17-23-16-22(19-30)5-7-28(23)32-29/h3-7,16-18,23,27,33-34H,8-15,20-22H2,1-2H3;4-10,21,23-24,29,31H,3,11-20,22H2,1-2H3;2,4-7,18-20,25,31-32H,3,8-17,21H2,1H3;4-7,16-18,20,24-25,31-32H,8-15H2,1-3H3. The van der Waals surface area contributed by atoms with Crippen LogP contribution in [0.4, 0.5) is 22.7 Å². The molecule has 141 heavy (non-hydrogen) atoms. The third kappa shape index (κ3) is 24.5. The van der Waals surface area contributed by atoms with Crippen molar-refractivity contribution < 1.29 is 4.74 Å². The highest BCUT2D eigenvalue weighted by atomic mass is 35.5. The Labute approximate surface area is 845 Å². The number of likely N-dealkylation sites (N-methyl/N-ethyl adjacent to an activating group) is 1. The molecular formula is C119H157ClN20O. The Bertz CT molecular complexity index is 6040. The lowest BCUT2D eigenvalue weighted by molar-refractivity contribution is -0.149. The number of piperazine rings is 3. The first-order valence-corrected chi connectivity index (χ1v) is 54.4. The summed E-state index contributed by atoms with van der Waals surface area (Å²) >= 11 is 6.19. The van der Waals surface area contributed by atoms with E-state index in [1.54, 1.807) is 0 Å². The molecule has 0 amide bonds. The summed E-state index contributed by atoms with van der Waals surface area (Å²) < 4.78 is 5.74. The summed E-state index contributed by atoms with van der Waals surface area (Å²) in [7, 11) is 2.25. The van der Waals surface area contributed by atoms with Crippen LogP contribution in [0, 0.1) is 29.6 Å². The van der Waals surface area contributed by atoms with Crippen molar-refractivity contribution in [3.05, 3.63) is 226 Å². The second-order valence-electron chi connectivity index (χ2n) is 43.5. The summed E-state index contributed by atoms with van der Waals surface area (Å²) in [5.74, 6) is 0. The highest BCUT2D eigenvalue weighted by Crippen LogP contribution is 2.41. The Morgan fingerprint density at radius 3 is 1.40 bits per heavy atom. The van der Waals surface area contributed by atoms with Gasteiger partial charge in [-0.2, -0.15) is 10.5 Å². The van der Waals surface area contributed by atoms with Crippen LogP contribution < -0.4 is 40.9 Å². The van der Waals surface area contributed by atoms with Crippen molar-refractivity contribution in [2.45, 2.75) is 204 Å². The molecule has 0 bridgehead atoms. The van der Waals surface area contributed by atoms with E-state index in [-0.39, 0.29) is 5.54 Å². The molecule has 22 rings (SSSR count). The maximum Gasteiger partial charge on any atom is 0.0991 e. The largest absolute Gasteiger partial charge is 0.377 e. The molecular weight excluding hydrogens is 1760 g/mol. The van der Waals surface area contributed by atoms with Crippen molar-refractivity contribution >= 4 is 78.7 Å². The highest BCUT2D eigenvalue weighted by molar-refractivity contribution is 6.31. The monoisotopic (exact) mass is 1920 g/mol. The van der Waals surface area contributed by atoms with E-state index >= 15 is 0 Å². The third-order valence-electron chi connectivity index (χ3n) is 33.9. The summed E-state index contributed by atoms with van der Waals surface area (Å²) in [6, 6.07) is 76.5. The van der Waals surface area contributed by atoms with Gasteiger partial charge in [-0.1, -0.05) is 91.3 Å². The molecule has 1 unspecified atom stereocenters. The third-order valence-corrected chi connectivity index (χ3v) is 34.1. The van der Waals surface area contributed by atoms with E-state index < -0.39 is 0 Å². The van der Waals surface area contributed by atoms with Gasteiger partial charge in [0.1, 0.15) is 0 Å². The molecule has 11 aliphatic rings. The Balaban J connectivity index is 0.000000120. The Morgan fingerprint density at radius 1 is 0.433 bits per heavy atom. The fraction of sp³-hybridized carbons (Fsp3) is 0.513. The molecule has 10 fully saturated rings. The molecule has 22 heteroatoms. The van der Waals surface area contributed by atoms with Crippen molar-refractivity contribution in [1.29, 1.82) is 10.5 Å². The van der Waals surface area contributed by atoms with Gasteiger partial charge < -0.3 is 70.4 Å². The van der Waals surface area contributed by atoms with Gasteiger partial charge in [-0.15, -0.1) is 0 Å². The van der Waals surface area contributed by atoms with Gasteiger partial charge in [-0.25, -0.2) is 0 Å². The minimum atomic E-state index is 0.183. The van der Waals surface area contributed by atoms with Gasteiger partial charge in [0, 0.05) is 294 Å². The van der Waals surface area contributed by atoms with Crippen LogP contribution in [-0.2, 0) is 11.2 Å². The number of nitrogens with one attached hydrogen (secondary N) is 7. The smallest absolute Gasteiger partial charge is 0.0991 e. The first-order chi connectivity index (χ1) is 68.8. The van der Waals surface area contributed by atoms with Crippen LogP contribution in [-0.4, -0.2) is 299 Å². The molecule has 21 nitrogen and oxygen atoms in total. The van der Waals surface area contributed by atoms with Gasteiger partial charge in [0.15, 0.2) is 0 Å². The van der Waals surface area contributed by atoms with Crippen molar-refractivity contribution in [3.63, 3.8) is 0 Å². The average Bonchev–Trinajstić information content (AvgIpc) is 1.78. The van der Waals surface area contributed by atoms with Crippen LogP contribution in [0.2, 0.25) is 5.02 Å². The number of piperidine rings is 5. The summed E-state index contributed by atoms with van der Waals surface area (Å²) in [4.78, 5) is 39.3. The fourth-order valence-corrected chi connectivity index (χ4v) is 24.3. The molecule has 746 valence electrons. The number of benzene rings is 8. The molecule has 7 N–H and O–H groups in total. The number of H-pyrrole nitrogens is 3. The lowest BCUT2D eigenvalue weighted by atomic mass is 9.74. The van der Waals surface area contributed by atoms with Crippen LogP contribution in [0.15, 0.2) is 188 Å². The van der Waals surface area contributed by atoms with Gasteiger partial charge in [0.2, 0.25) is 0 Å². The maximum absolute atomic E-state index is 9.21. The number of ether oxygens (including phenoxy) is 1. The number of rotatable bonds is 26. The number of nitrogens with zero attached hydrogens (tertiary/aromatic N) is 13. The van der Waals surface area contributed by atoms with Gasteiger partial charge in [0.05, 0.1) is 42.0 Å². The Hall–Kier alpha value is -9.89. The predicted molar refractivity (Wildman–Crippen MR) is 588 cm³/mol. The minimum absolute atomic E-state index is 0.183. The molecule has 3 aromatic heterocycles. The fourth-order valence-electron chi connectivity index (χ4n) is 24.1. The lowest BCUT2D eigenvalue weighted by Gasteiger charge is -2.53. The van der Waals surface area contributed by atoms with E-state index in [0.717, 1.165) is 185 Å². The number of anilines is 4. The highest BCUT2D eigenvalue weighted by Gasteiger charge is 2.47. The van der Waals surface area contributed by atoms with Crippen molar-refractivity contribution in [2.24, 2.45) is 0 Å². The minimum Gasteiger partial charge on any atom is -0.377 e.